The first-order valence-corrected chi connectivity index (χ1v) is 14.5. The van der Waals surface area contributed by atoms with E-state index < -0.39 is 48.0 Å². The summed E-state index contributed by atoms with van der Waals surface area (Å²) in [6, 6.07) is 1.74. The highest BCUT2D eigenvalue weighted by molar-refractivity contribution is 7.13. The van der Waals surface area contributed by atoms with Gasteiger partial charge in [0, 0.05) is 18.7 Å². The number of β-amino-alcohol motifs (C(OH)–C–C–N with tert-alkyl or cyclic N) is 1. The molecule has 0 bridgehead atoms. The number of alkyl halides is 3. The molecule has 2 aliphatic rings. The second-order valence-electron chi connectivity index (χ2n) is 12.1. The SMILES string of the molecule is Cc1ncsc1-c1ccc([C@@H](NC(=O)[C@@H]2C[C@@H](O)CN2C(O)[C@@H](n2cc(C3CC3)nn2)C(C)(C)C)C(F)(F)F)cc1. The summed E-state index contributed by atoms with van der Waals surface area (Å²) in [4.78, 5) is 19.8. The van der Waals surface area contributed by atoms with E-state index in [0.717, 1.165) is 34.7 Å². The number of aliphatic hydroxyl groups is 2. The van der Waals surface area contributed by atoms with Gasteiger partial charge in [-0.05, 0) is 42.7 Å². The van der Waals surface area contributed by atoms with E-state index in [0.29, 0.717) is 5.92 Å². The van der Waals surface area contributed by atoms with Crippen LogP contribution in [0.3, 0.4) is 0 Å². The van der Waals surface area contributed by atoms with Crippen LogP contribution in [0.15, 0.2) is 36.0 Å². The Hall–Kier alpha value is -2.87. The van der Waals surface area contributed by atoms with Gasteiger partial charge < -0.3 is 15.5 Å². The smallest absolute Gasteiger partial charge is 0.392 e. The number of hydrogen-bond acceptors (Lipinski definition) is 8. The molecule has 1 aliphatic carbocycles. The molecule has 1 aromatic carbocycles. The Kier molecular flexibility index (Phi) is 8.01. The van der Waals surface area contributed by atoms with Crippen molar-refractivity contribution < 1.29 is 28.2 Å². The van der Waals surface area contributed by atoms with Crippen molar-refractivity contribution in [3.8, 4) is 10.4 Å². The van der Waals surface area contributed by atoms with Crippen LogP contribution in [0, 0.1) is 12.3 Å². The lowest BCUT2D eigenvalue weighted by Gasteiger charge is -2.40. The average Bonchev–Trinajstić information content (AvgIpc) is 3.26. The van der Waals surface area contributed by atoms with Gasteiger partial charge in [-0.1, -0.05) is 50.3 Å². The van der Waals surface area contributed by atoms with Gasteiger partial charge in [-0.3, -0.25) is 9.69 Å². The number of benzene rings is 1. The maximum absolute atomic E-state index is 14.2. The molecular formula is C28H35F3N6O3S. The lowest BCUT2D eigenvalue weighted by Crippen LogP contribution is -2.54. The first-order chi connectivity index (χ1) is 19.2. The third kappa shape index (κ3) is 6.32. The quantitative estimate of drug-likeness (QED) is 0.356. The molecule has 5 atom stereocenters. The minimum Gasteiger partial charge on any atom is -0.392 e. The molecule has 2 aromatic heterocycles. The molecule has 41 heavy (non-hydrogen) atoms. The number of amides is 1. The largest absolute Gasteiger partial charge is 0.412 e. The van der Waals surface area contributed by atoms with Crippen molar-refractivity contribution in [2.75, 3.05) is 6.54 Å². The summed E-state index contributed by atoms with van der Waals surface area (Å²) < 4.78 is 44.3. The highest BCUT2D eigenvalue weighted by Gasteiger charge is 2.48. The number of likely N-dealkylation sites (tertiary alicyclic amines) is 1. The molecule has 1 amide bonds. The van der Waals surface area contributed by atoms with Gasteiger partial charge in [0.1, 0.15) is 6.23 Å². The molecule has 3 heterocycles. The number of aromatic nitrogens is 4. The topological polar surface area (TPSA) is 116 Å². The summed E-state index contributed by atoms with van der Waals surface area (Å²) in [6.45, 7) is 7.46. The maximum Gasteiger partial charge on any atom is 0.412 e. The average molecular weight is 593 g/mol. The standard InChI is InChI=1S/C28H35F3N6O3S/c1-15-22(41-14-32-15)17-7-9-18(10-8-17)23(28(29,30)31)33-25(39)21-11-19(38)12-36(21)26(40)24(27(2,3)4)37-13-20(34-35-37)16-5-6-16/h7-10,13-14,16,19,21,23-24,26,38,40H,5-6,11-12H2,1-4H3,(H,33,39)/t19-,21+,23-,24-,26?/m1/s1. The van der Waals surface area contributed by atoms with Crippen molar-refractivity contribution in [2.24, 2.45) is 5.41 Å². The molecule has 3 N–H and O–H groups in total. The maximum atomic E-state index is 14.2. The zero-order valence-corrected chi connectivity index (χ0v) is 24.2. The first kappa shape index (κ1) is 29.6. The Morgan fingerprint density at radius 1 is 1.17 bits per heavy atom. The number of carbonyl (C=O) groups is 1. The van der Waals surface area contributed by atoms with Gasteiger partial charge in [0.2, 0.25) is 5.91 Å². The van der Waals surface area contributed by atoms with E-state index in [1.165, 1.54) is 28.4 Å². The van der Waals surface area contributed by atoms with Crippen molar-refractivity contribution in [3.05, 3.63) is 52.9 Å². The molecule has 1 unspecified atom stereocenters. The zero-order chi connectivity index (χ0) is 29.7. The fraction of sp³-hybridized carbons (Fsp3) is 0.571. The minimum absolute atomic E-state index is 0.0738. The molecule has 1 saturated heterocycles. The van der Waals surface area contributed by atoms with Crippen LogP contribution in [-0.4, -0.2) is 72.1 Å². The Morgan fingerprint density at radius 3 is 2.41 bits per heavy atom. The first-order valence-electron chi connectivity index (χ1n) is 13.6. The van der Waals surface area contributed by atoms with Crippen LogP contribution < -0.4 is 5.32 Å². The van der Waals surface area contributed by atoms with Crippen molar-refractivity contribution in [1.29, 1.82) is 0 Å². The number of nitrogens with zero attached hydrogens (tertiary/aromatic N) is 5. The minimum atomic E-state index is -4.77. The number of nitrogens with one attached hydrogen (secondary N) is 1. The van der Waals surface area contributed by atoms with E-state index in [4.69, 9.17) is 0 Å². The van der Waals surface area contributed by atoms with Crippen LogP contribution in [0.1, 0.15) is 75.0 Å². The van der Waals surface area contributed by atoms with E-state index in [1.54, 1.807) is 28.5 Å². The fourth-order valence-electron chi connectivity index (χ4n) is 5.54. The summed E-state index contributed by atoms with van der Waals surface area (Å²) in [5, 5.41) is 32.7. The van der Waals surface area contributed by atoms with Crippen molar-refractivity contribution in [1.82, 2.24) is 30.2 Å². The predicted molar refractivity (Wildman–Crippen MR) is 147 cm³/mol. The molecule has 0 spiro atoms. The summed E-state index contributed by atoms with van der Waals surface area (Å²) in [7, 11) is 0. The molecule has 2 fully saturated rings. The molecule has 1 saturated carbocycles. The second kappa shape index (κ2) is 11.1. The summed E-state index contributed by atoms with van der Waals surface area (Å²) >= 11 is 1.39. The van der Waals surface area contributed by atoms with Gasteiger partial charge in [0.15, 0.2) is 6.04 Å². The van der Waals surface area contributed by atoms with Gasteiger partial charge >= 0.3 is 6.18 Å². The van der Waals surface area contributed by atoms with Gasteiger partial charge in [0.05, 0.1) is 40.0 Å². The number of thiazole rings is 1. The fourth-order valence-corrected chi connectivity index (χ4v) is 6.35. The molecule has 0 radical (unpaired) electrons. The molecule has 13 heteroatoms. The Labute approximate surface area is 240 Å². The Balaban J connectivity index is 1.37. The molecule has 9 nitrogen and oxygen atoms in total. The van der Waals surface area contributed by atoms with Crippen LogP contribution in [0.5, 0.6) is 0 Å². The van der Waals surface area contributed by atoms with E-state index in [9.17, 15) is 28.2 Å². The summed E-state index contributed by atoms with van der Waals surface area (Å²) in [5.41, 5.74) is 3.34. The van der Waals surface area contributed by atoms with E-state index in [2.05, 4.69) is 20.6 Å². The van der Waals surface area contributed by atoms with E-state index in [1.807, 2.05) is 27.7 Å². The van der Waals surface area contributed by atoms with Gasteiger partial charge in [-0.2, -0.15) is 13.2 Å². The number of carbonyl (C=O) groups excluding carboxylic acids is 1. The van der Waals surface area contributed by atoms with Crippen LogP contribution in [0.4, 0.5) is 13.2 Å². The Morgan fingerprint density at radius 2 is 1.85 bits per heavy atom. The summed E-state index contributed by atoms with van der Waals surface area (Å²) in [6.07, 6.45) is -3.36. The number of aryl methyl sites for hydroxylation is 1. The molecule has 5 rings (SSSR count). The van der Waals surface area contributed by atoms with Crippen LogP contribution in [-0.2, 0) is 4.79 Å². The predicted octanol–water partition coefficient (Wildman–Crippen LogP) is 4.35. The van der Waals surface area contributed by atoms with Crippen LogP contribution >= 0.6 is 11.3 Å². The highest BCUT2D eigenvalue weighted by atomic mass is 32.1. The van der Waals surface area contributed by atoms with E-state index in [-0.39, 0.29) is 18.5 Å². The second-order valence-corrected chi connectivity index (χ2v) is 13.0. The third-order valence-electron chi connectivity index (χ3n) is 7.80. The monoisotopic (exact) mass is 592 g/mol. The summed E-state index contributed by atoms with van der Waals surface area (Å²) in [5.74, 6) is -0.580. The zero-order valence-electron chi connectivity index (χ0n) is 23.3. The van der Waals surface area contributed by atoms with Crippen molar-refractivity contribution >= 4 is 17.2 Å². The normalized spacial score (nSPS) is 22.5. The molecular weight excluding hydrogens is 557 g/mol. The Bertz CT molecular complexity index is 1370. The van der Waals surface area contributed by atoms with Gasteiger partial charge in [-0.25, -0.2) is 9.67 Å². The molecule has 1 aliphatic heterocycles. The molecule has 222 valence electrons. The van der Waals surface area contributed by atoms with Gasteiger partial charge in [-0.15, -0.1) is 16.4 Å². The van der Waals surface area contributed by atoms with Crippen LogP contribution in [0.25, 0.3) is 10.4 Å². The van der Waals surface area contributed by atoms with E-state index >= 15 is 0 Å². The number of hydrogen-bond donors (Lipinski definition) is 3. The van der Waals surface area contributed by atoms with Crippen LogP contribution in [0.2, 0.25) is 0 Å². The number of aliphatic hydroxyl groups excluding tert-OH is 2. The lowest BCUT2D eigenvalue weighted by molar-refractivity contribution is -0.166. The van der Waals surface area contributed by atoms with Crippen molar-refractivity contribution in [2.45, 2.75) is 89.5 Å². The third-order valence-corrected chi connectivity index (χ3v) is 8.78. The van der Waals surface area contributed by atoms with Gasteiger partial charge in [0.25, 0.3) is 0 Å². The number of rotatable bonds is 8. The number of halogens is 3. The lowest BCUT2D eigenvalue weighted by atomic mass is 9.85. The highest BCUT2D eigenvalue weighted by Crippen LogP contribution is 2.41. The molecule has 3 aromatic rings. The van der Waals surface area contributed by atoms with Crippen molar-refractivity contribution in [3.63, 3.8) is 0 Å².